The highest BCUT2D eigenvalue weighted by Crippen LogP contribution is 2.31. The molecule has 0 aliphatic carbocycles. The van der Waals surface area contributed by atoms with Gasteiger partial charge < -0.3 is 24.9 Å². The summed E-state index contributed by atoms with van der Waals surface area (Å²) in [5.41, 5.74) is 4.82. The Hall–Kier alpha value is -6.00. The second-order valence-electron chi connectivity index (χ2n) is 14.2. The second kappa shape index (κ2) is 16.3. The van der Waals surface area contributed by atoms with Crippen molar-refractivity contribution in [3.05, 3.63) is 132 Å². The van der Waals surface area contributed by atoms with E-state index < -0.39 is 18.1 Å². The Morgan fingerprint density at radius 2 is 1.13 bits per heavy atom. The minimum absolute atomic E-state index is 0.0380. The number of amides is 4. The fraction of sp³-hybridized carbons (Fsp3) is 0.273. The van der Waals surface area contributed by atoms with Crippen LogP contribution in [0.1, 0.15) is 42.9 Å². The minimum atomic E-state index is -0.540. The molecule has 0 unspecified atom stereocenters. The summed E-state index contributed by atoms with van der Waals surface area (Å²) in [4.78, 5) is 58.7. The number of hydrogen-bond donors (Lipinski definition) is 2. The monoisotopic (exact) mass is 723 g/mol. The van der Waals surface area contributed by atoms with Crippen LogP contribution >= 0.6 is 0 Å². The first-order valence-electron chi connectivity index (χ1n) is 18.5. The lowest BCUT2D eigenvalue weighted by atomic mass is 10.0. The van der Waals surface area contributed by atoms with Gasteiger partial charge in [0.05, 0.1) is 6.42 Å². The normalized spacial score (nSPS) is 17.4. The summed E-state index contributed by atoms with van der Waals surface area (Å²) in [5, 5.41) is 6.00. The molecule has 7 rings (SSSR count). The molecule has 1 aromatic heterocycles. The smallest absolute Gasteiger partial charge is 0.247 e. The third-order valence-electron chi connectivity index (χ3n) is 10.3. The maximum atomic E-state index is 13.7. The lowest BCUT2D eigenvalue weighted by Crippen LogP contribution is -2.47. The predicted molar refractivity (Wildman–Crippen MR) is 209 cm³/mol. The van der Waals surface area contributed by atoms with Crippen molar-refractivity contribution in [2.75, 3.05) is 37.8 Å². The van der Waals surface area contributed by atoms with Crippen LogP contribution in [-0.2, 0) is 25.6 Å². The van der Waals surface area contributed by atoms with Crippen molar-refractivity contribution < 1.29 is 23.6 Å². The Bertz CT molecular complexity index is 2080. The molecule has 2 fully saturated rings. The molecule has 2 saturated heterocycles. The first-order valence-corrected chi connectivity index (χ1v) is 18.5. The molecule has 2 aliphatic heterocycles. The van der Waals surface area contributed by atoms with Crippen molar-refractivity contribution >= 4 is 35.0 Å². The molecule has 54 heavy (non-hydrogen) atoms. The Morgan fingerprint density at radius 1 is 0.648 bits per heavy atom. The number of benzene rings is 4. The van der Waals surface area contributed by atoms with Gasteiger partial charge in [-0.3, -0.25) is 24.1 Å². The van der Waals surface area contributed by atoms with E-state index in [0.717, 1.165) is 35.1 Å². The van der Waals surface area contributed by atoms with Gasteiger partial charge in [0.25, 0.3) is 0 Å². The lowest BCUT2D eigenvalue weighted by molar-refractivity contribution is -0.140. The first-order chi connectivity index (χ1) is 26.2. The molecule has 4 aromatic carbocycles. The standard InChI is InChI=1S/C44H45N5O5/c1-47(2)41(33-13-7-4-8-14-33)44(53)49-28-10-16-37(49)43(52)46-35-23-19-32(20-24-35)39-26-25-38(54-39)31-17-21-34(22-18-31)45-42(51)36-15-9-27-48(36)40(50)29-30-11-5-3-6-12-30/h3-8,11-14,17-26,36-37,41H,9-10,15-16,27-29H2,1-2H3,(H,45,51)(H,46,52)/t36-,37-,41+/m0/s1. The number of nitrogens with one attached hydrogen (secondary N) is 2. The quantitative estimate of drug-likeness (QED) is 0.152. The van der Waals surface area contributed by atoms with Crippen molar-refractivity contribution in [2.45, 2.75) is 50.2 Å². The van der Waals surface area contributed by atoms with Gasteiger partial charge in [0, 0.05) is 35.6 Å². The number of nitrogens with zero attached hydrogens (tertiary/aromatic N) is 3. The highest BCUT2D eigenvalue weighted by atomic mass is 16.3. The number of rotatable bonds is 11. The summed E-state index contributed by atoms with van der Waals surface area (Å²) < 4.78 is 6.20. The number of carbonyl (C=O) groups excluding carboxylic acids is 4. The summed E-state index contributed by atoms with van der Waals surface area (Å²) >= 11 is 0. The van der Waals surface area contributed by atoms with E-state index in [2.05, 4.69) is 10.6 Å². The molecular formula is C44H45N5O5. The third-order valence-corrected chi connectivity index (χ3v) is 10.3. The fourth-order valence-electron chi connectivity index (χ4n) is 7.50. The van der Waals surface area contributed by atoms with Gasteiger partial charge >= 0.3 is 0 Å². The molecule has 276 valence electrons. The largest absolute Gasteiger partial charge is 0.456 e. The van der Waals surface area contributed by atoms with Gasteiger partial charge in [-0.25, -0.2) is 0 Å². The van der Waals surface area contributed by atoms with Crippen LogP contribution in [0.2, 0.25) is 0 Å². The van der Waals surface area contributed by atoms with Crippen LogP contribution in [0.15, 0.2) is 126 Å². The van der Waals surface area contributed by atoms with E-state index in [9.17, 15) is 19.2 Å². The van der Waals surface area contributed by atoms with Crippen molar-refractivity contribution in [2.24, 2.45) is 0 Å². The van der Waals surface area contributed by atoms with Gasteiger partial charge in [0.1, 0.15) is 29.6 Å². The number of likely N-dealkylation sites (N-methyl/N-ethyl adjacent to an activating group) is 1. The van der Waals surface area contributed by atoms with E-state index in [-0.39, 0.29) is 30.0 Å². The summed E-state index contributed by atoms with van der Waals surface area (Å²) in [6.45, 7) is 1.12. The molecule has 2 N–H and O–H groups in total. The first kappa shape index (κ1) is 36.4. The van der Waals surface area contributed by atoms with E-state index in [1.54, 1.807) is 9.80 Å². The molecule has 0 bridgehead atoms. The molecular weight excluding hydrogens is 679 g/mol. The zero-order valence-electron chi connectivity index (χ0n) is 30.6. The zero-order valence-corrected chi connectivity index (χ0v) is 30.6. The van der Waals surface area contributed by atoms with Gasteiger partial charge in [-0.2, -0.15) is 0 Å². The maximum absolute atomic E-state index is 13.7. The average molecular weight is 724 g/mol. The number of anilines is 2. The van der Waals surface area contributed by atoms with Crippen LogP contribution in [0.5, 0.6) is 0 Å². The van der Waals surface area contributed by atoms with Crippen molar-refractivity contribution in [1.82, 2.24) is 14.7 Å². The predicted octanol–water partition coefficient (Wildman–Crippen LogP) is 7.02. The van der Waals surface area contributed by atoms with Crippen molar-refractivity contribution in [3.63, 3.8) is 0 Å². The average Bonchev–Trinajstić information content (AvgIpc) is 3.98. The van der Waals surface area contributed by atoms with E-state index >= 15 is 0 Å². The SMILES string of the molecule is CN(C)[C@@H](C(=O)N1CCC[C@H]1C(=O)Nc1ccc(-c2ccc(-c3ccc(NC(=O)[C@@H]4CCCN4C(=O)Cc4ccccc4)cc3)o2)cc1)c1ccccc1. The van der Waals surface area contributed by atoms with Crippen molar-refractivity contribution in [1.29, 1.82) is 0 Å². The minimum Gasteiger partial charge on any atom is -0.456 e. The Morgan fingerprint density at radius 3 is 1.65 bits per heavy atom. The number of likely N-dealkylation sites (tertiary alicyclic amines) is 2. The highest BCUT2D eigenvalue weighted by Gasteiger charge is 2.38. The van der Waals surface area contributed by atoms with Crippen LogP contribution in [0.4, 0.5) is 11.4 Å². The second-order valence-corrected chi connectivity index (χ2v) is 14.2. The van der Waals surface area contributed by atoms with Crippen molar-refractivity contribution in [3.8, 4) is 22.6 Å². The van der Waals surface area contributed by atoms with E-state index in [1.165, 1.54) is 0 Å². The molecule has 0 radical (unpaired) electrons. The van der Waals surface area contributed by atoms with Gasteiger partial charge in [0.15, 0.2) is 0 Å². The van der Waals surface area contributed by atoms with Crippen LogP contribution < -0.4 is 10.6 Å². The summed E-state index contributed by atoms with van der Waals surface area (Å²) in [6.07, 6.45) is 3.10. The van der Waals surface area contributed by atoms with Gasteiger partial charge in [0.2, 0.25) is 23.6 Å². The number of carbonyl (C=O) groups is 4. The van der Waals surface area contributed by atoms with E-state index in [0.29, 0.717) is 48.8 Å². The maximum Gasteiger partial charge on any atom is 0.247 e. The van der Waals surface area contributed by atoms with E-state index in [1.807, 2.05) is 140 Å². The Balaban J connectivity index is 0.941. The zero-order chi connectivity index (χ0) is 37.6. The summed E-state index contributed by atoms with van der Waals surface area (Å²) in [6, 6.07) is 36.5. The molecule has 5 aromatic rings. The number of hydrogen-bond acceptors (Lipinski definition) is 6. The van der Waals surface area contributed by atoms with Crippen LogP contribution in [-0.4, -0.2) is 77.6 Å². The van der Waals surface area contributed by atoms with Gasteiger partial charge in [-0.05, 0) is 112 Å². The molecule has 4 amide bonds. The molecule has 0 spiro atoms. The highest BCUT2D eigenvalue weighted by molar-refractivity contribution is 5.99. The van der Waals surface area contributed by atoms with Crippen LogP contribution in [0, 0.1) is 0 Å². The Labute approximate surface area is 315 Å². The van der Waals surface area contributed by atoms with E-state index in [4.69, 9.17) is 4.42 Å². The number of furan rings is 1. The molecule has 10 nitrogen and oxygen atoms in total. The molecule has 3 heterocycles. The van der Waals surface area contributed by atoms with Gasteiger partial charge in [-0.1, -0.05) is 60.7 Å². The summed E-state index contributed by atoms with van der Waals surface area (Å²) in [7, 11) is 3.76. The topological polar surface area (TPSA) is 115 Å². The third kappa shape index (κ3) is 8.14. The lowest BCUT2D eigenvalue weighted by Gasteiger charge is -2.31. The molecule has 10 heteroatoms. The molecule has 0 saturated carbocycles. The van der Waals surface area contributed by atoms with Crippen LogP contribution in [0.3, 0.4) is 0 Å². The molecule has 3 atom stereocenters. The summed E-state index contributed by atoms with van der Waals surface area (Å²) in [5.74, 6) is 0.850. The van der Waals surface area contributed by atoms with Crippen LogP contribution in [0.25, 0.3) is 22.6 Å². The van der Waals surface area contributed by atoms with Gasteiger partial charge in [-0.15, -0.1) is 0 Å². The fourth-order valence-corrected chi connectivity index (χ4v) is 7.50. The Kier molecular flexibility index (Phi) is 11.0. The molecule has 2 aliphatic rings.